The highest BCUT2D eigenvalue weighted by molar-refractivity contribution is 5.63. The van der Waals surface area contributed by atoms with Crippen LogP contribution < -0.4 is 11.1 Å². The zero-order valence-electron chi connectivity index (χ0n) is 9.66. The molecule has 0 aliphatic rings. The molecule has 0 amide bonds. The van der Waals surface area contributed by atoms with Crippen LogP contribution >= 0.6 is 0 Å². The molecule has 0 radical (unpaired) electrons. The van der Waals surface area contributed by atoms with E-state index in [-0.39, 0.29) is 5.82 Å². The molecule has 0 unspecified atom stereocenters. The van der Waals surface area contributed by atoms with Gasteiger partial charge in [-0.25, -0.2) is 14.4 Å². The Balaban J connectivity index is 2.36. The van der Waals surface area contributed by atoms with Crippen molar-refractivity contribution in [3.63, 3.8) is 0 Å². The standard InChI is InChI=1S/C12H13FN4/c1-7-11(14)15-8(2)16-12(7)17-10-5-3-4-9(13)6-10/h3-6H,1-2H3,(H3,14,15,16,17). The zero-order chi connectivity index (χ0) is 12.4. The van der Waals surface area contributed by atoms with Gasteiger partial charge in [0.2, 0.25) is 0 Å². The van der Waals surface area contributed by atoms with Crippen LogP contribution in [0.5, 0.6) is 0 Å². The van der Waals surface area contributed by atoms with Crippen LogP contribution in [0.1, 0.15) is 11.4 Å². The molecule has 0 saturated carbocycles. The van der Waals surface area contributed by atoms with Crippen molar-refractivity contribution in [3.05, 3.63) is 41.5 Å². The summed E-state index contributed by atoms with van der Waals surface area (Å²) >= 11 is 0. The van der Waals surface area contributed by atoms with Gasteiger partial charge in [-0.1, -0.05) is 6.07 Å². The highest BCUT2D eigenvalue weighted by Crippen LogP contribution is 2.21. The largest absolute Gasteiger partial charge is 0.383 e. The van der Waals surface area contributed by atoms with Crippen molar-refractivity contribution >= 4 is 17.3 Å². The molecule has 1 aromatic carbocycles. The number of hydrogen-bond acceptors (Lipinski definition) is 4. The lowest BCUT2D eigenvalue weighted by Crippen LogP contribution is -2.04. The number of nitrogens with one attached hydrogen (secondary N) is 1. The van der Waals surface area contributed by atoms with Gasteiger partial charge < -0.3 is 11.1 Å². The van der Waals surface area contributed by atoms with Crippen molar-refractivity contribution in [1.29, 1.82) is 0 Å². The number of aromatic nitrogens is 2. The maximum Gasteiger partial charge on any atom is 0.139 e. The van der Waals surface area contributed by atoms with E-state index in [0.717, 1.165) is 5.56 Å². The van der Waals surface area contributed by atoms with Crippen molar-refractivity contribution in [2.45, 2.75) is 13.8 Å². The van der Waals surface area contributed by atoms with Crippen molar-refractivity contribution in [2.75, 3.05) is 11.1 Å². The molecule has 0 saturated heterocycles. The van der Waals surface area contributed by atoms with E-state index in [1.165, 1.54) is 12.1 Å². The Hall–Kier alpha value is -2.17. The number of nitrogens with zero attached hydrogens (tertiary/aromatic N) is 2. The Morgan fingerprint density at radius 2 is 2.00 bits per heavy atom. The molecule has 2 aromatic rings. The average Bonchev–Trinajstić information content (AvgIpc) is 2.25. The summed E-state index contributed by atoms with van der Waals surface area (Å²) in [5, 5.41) is 3.02. The molecule has 4 nitrogen and oxygen atoms in total. The highest BCUT2D eigenvalue weighted by Gasteiger charge is 2.06. The molecule has 17 heavy (non-hydrogen) atoms. The molecular formula is C12H13FN4. The second-order valence-electron chi connectivity index (χ2n) is 3.77. The van der Waals surface area contributed by atoms with Crippen molar-refractivity contribution in [2.24, 2.45) is 0 Å². The molecule has 0 fully saturated rings. The summed E-state index contributed by atoms with van der Waals surface area (Å²) in [4.78, 5) is 8.28. The minimum atomic E-state index is -0.300. The van der Waals surface area contributed by atoms with Gasteiger partial charge in [0.1, 0.15) is 23.3 Å². The number of halogens is 1. The molecule has 2 rings (SSSR count). The van der Waals surface area contributed by atoms with Gasteiger partial charge in [-0.2, -0.15) is 0 Å². The summed E-state index contributed by atoms with van der Waals surface area (Å²) in [6.45, 7) is 3.57. The Labute approximate surface area is 98.7 Å². The van der Waals surface area contributed by atoms with E-state index in [9.17, 15) is 4.39 Å². The van der Waals surface area contributed by atoms with Crippen LogP contribution in [-0.2, 0) is 0 Å². The third-order valence-electron chi connectivity index (χ3n) is 2.38. The Morgan fingerprint density at radius 1 is 1.24 bits per heavy atom. The first-order valence-corrected chi connectivity index (χ1v) is 5.19. The third kappa shape index (κ3) is 2.50. The van der Waals surface area contributed by atoms with Gasteiger partial charge in [0.25, 0.3) is 0 Å². The van der Waals surface area contributed by atoms with Crippen molar-refractivity contribution in [1.82, 2.24) is 9.97 Å². The first-order chi connectivity index (χ1) is 8.06. The van der Waals surface area contributed by atoms with E-state index in [2.05, 4.69) is 15.3 Å². The summed E-state index contributed by atoms with van der Waals surface area (Å²) in [7, 11) is 0. The molecule has 0 aliphatic carbocycles. The first kappa shape index (κ1) is 11.3. The minimum absolute atomic E-state index is 0.300. The first-order valence-electron chi connectivity index (χ1n) is 5.19. The Morgan fingerprint density at radius 3 is 2.71 bits per heavy atom. The van der Waals surface area contributed by atoms with Gasteiger partial charge in [-0.05, 0) is 32.0 Å². The lowest BCUT2D eigenvalue weighted by molar-refractivity contribution is 0.628. The fourth-order valence-electron chi connectivity index (χ4n) is 1.47. The van der Waals surface area contributed by atoms with Crippen molar-refractivity contribution in [3.8, 4) is 0 Å². The van der Waals surface area contributed by atoms with Crippen LogP contribution in [0.3, 0.4) is 0 Å². The molecule has 0 spiro atoms. The lowest BCUT2D eigenvalue weighted by Gasteiger charge is -2.10. The number of anilines is 3. The predicted molar refractivity (Wildman–Crippen MR) is 65.6 cm³/mol. The van der Waals surface area contributed by atoms with E-state index in [4.69, 9.17) is 5.73 Å². The summed E-state index contributed by atoms with van der Waals surface area (Å²) in [6, 6.07) is 6.17. The van der Waals surface area contributed by atoms with Gasteiger partial charge in [0.05, 0.1) is 0 Å². The summed E-state index contributed by atoms with van der Waals surface area (Å²) < 4.78 is 13.0. The van der Waals surface area contributed by atoms with Gasteiger partial charge >= 0.3 is 0 Å². The molecule has 0 atom stereocenters. The summed E-state index contributed by atoms with van der Waals surface area (Å²) in [5.74, 6) is 1.30. The molecular weight excluding hydrogens is 219 g/mol. The van der Waals surface area contributed by atoms with E-state index in [0.29, 0.717) is 23.1 Å². The average molecular weight is 232 g/mol. The number of nitrogen functional groups attached to an aromatic ring is 1. The van der Waals surface area contributed by atoms with Crippen LogP contribution in [0.15, 0.2) is 24.3 Å². The highest BCUT2D eigenvalue weighted by atomic mass is 19.1. The molecule has 88 valence electrons. The monoisotopic (exact) mass is 232 g/mol. The SMILES string of the molecule is Cc1nc(N)c(C)c(Nc2cccc(F)c2)n1. The van der Waals surface area contributed by atoms with Crippen molar-refractivity contribution < 1.29 is 4.39 Å². The summed E-state index contributed by atoms with van der Waals surface area (Å²) in [5.41, 5.74) is 7.12. The molecule has 5 heteroatoms. The second-order valence-corrected chi connectivity index (χ2v) is 3.77. The topological polar surface area (TPSA) is 63.8 Å². The van der Waals surface area contributed by atoms with E-state index >= 15 is 0 Å². The molecule has 3 N–H and O–H groups in total. The summed E-state index contributed by atoms with van der Waals surface area (Å²) in [6.07, 6.45) is 0. The third-order valence-corrected chi connectivity index (χ3v) is 2.38. The molecule has 0 aliphatic heterocycles. The maximum atomic E-state index is 13.0. The quantitative estimate of drug-likeness (QED) is 0.835. The smallest absolute Gasteiger partial charge is 0.139 e. The van der Waals surface area contributed by atoms with Crippen LogP contribution in [0.4, 0.5) is 21.7 Å². The second kappa shape index (κ2) is 4.37. The fraction of sp³-hybridized carbons (Fsp3) is 0.167. The van der Waals surface area contributed by atoms with E-state index < -0.39 is 0 Å². The minimum Gasteiger partial charge on any atom is -0.383 e. The van der Waals surface area contributed by atoms with Gasteiger partial charge in [0, 0.05) is 11.3 Å². The van der Waals surface area contributed by atoms with Crippen LogP contribution in [-0.4, -0.2) is 9.97 Å². The normalized spacial score (nSPS) is 10.3. The van der Waals surface area contributed by atoms with Gasteiger partial charge in [0.15, 0.2) is 0 Å². The van der Waals surface area contributed by atoms with E-state index in [1.807, 2.05) is 6.92 Å². The number of nitrogens with two attached hydrogens (primary N) is 1. The lowest BCUT2D eigenvalue weighted by atomic mass is 10.2. The number of benzene rings is 1. The molecule has 0 bridgehead atoms. The predicted octanol–water partition coefficient (Wildman–Crippen LogP) is 2.56. The van der Waals surface area contributed by atoms with Crippen LogP contribution in [0.2, 0.25) is 0 Å². The van der Waals surface area contributed by atoms with Crippen LogP contribution in [0, 0.1) is 19.7 Å². The van der Waals surface area contributed by atoms with Crippen LogP contribution in [0.25, 0.3) is 0 Å². The zero-order valence-corrected chi connectivity index (χ0v) is 9.66. The Bertz CT molecular complexity index is 554. The number of aryl methyl sites for hydroxylation is 1. The maximum absolute atomic E-state index is 13.0. The number of hydrogen-bond donors (Lipinski definition) is 2. The molecule has 1 heterocycles. The van der Waals surface area contributed by atoms with E-state index in [1.54, 1.807) is 19.1 Å². The Kier molecular flexibility index (Phi) is 2.91. The fourth-order valence-corrected chi connectivity index (χ4v) is 1.47. The van der Waals surface area contributed by atoms with Gasteiger partial charge in [-0.3, -0.25) is 0 Å². The van der Waals surface area contributed by atoms with Gasteiger partial charge in [-0.15, -0.1) is 0 Å². The number of rotatable bonds is 2. The molecule has 1 aromatic heterocycles.